The number of aryl methyl sites for hydroxylation is 1. The van der Waals surface area contributed by atoms with Crippen molar-refractivity contribution in [1.29, 1.82) is 0 Å². The van der Waals surface area contributed by atoms with Crippen LogP contribution in [-0.4, -0.2) is 74.0 Å². The van der Waals surface area contributed by atoms with Crippen LogP contribution in [-0.2, 0) is 11.3 Å². The standard InChI is InChI=1S/C21H32N6O2/c1-22-21(24-8-3-10-26-11-9-23-17-26)25-16-20(27-12-14-29-15-13-27)18-4-6-19(28-2)7-5-18/h4-7,9,11,17,20H,3,8,10,12-16H2,1-2H3,(H2,22,24,25). The average Bonchev–Trinajstić information content (AvgIpc) is 3.30. The molecule has 8 nitrogen and oxygen atoms in total. The van der Waals surface area contributed by atoms with Crippen molar-refractivity contribution in [2.45, 2.75) is 19.0 Å². The van der Waals surface area contributed by atoms with Gasteiger partial charge in [0, 0.05) is 52.2 Å². The number of aromatic nitrogens is 2. The van der Waals surface area contributed by atoms with Crippen molar-refractivity contribution in [1.82, 2.24) is 25.1 Å². The molecule has 29 heavy (non-hydrogen) atoms. The van der Waals surface area contributed by atoms with E-state index in [0.29, 0.717) is 0 Å². The van der Waals surface area contributed by atoms with Gasteiger partial charge in [0.05, 0.1) is 32.7 Å². The lowest BCUT2D eigenvalue weighted by atomic mass is 10.0. The number of nitrogens with one attached hydrogen (secondary N) is 2. The predicted molar refractivity (Wildman–Crippen MR) is 114 cm³/mol. The molecular weight excluding hydrogens is 368 g/mol. The van der Waals surface area contributed by atoms with Crippen molar-refractivity contribution in [2.75, 3.05) is 53.6 Å². The van der Waals surface area contributed by atoms with Crippen LogP contribution in [0.1, 0.15) is 18.0 Å². The third-order valence-electron chi connectivity index (χ3n) is 5.12. The maximum atomic E-state index is 5.54. The molecule has 1 aliphatic heterocycles. The van der Waals surface area contributed by atoms with E-state index in [1.807, 2.05) is 31.7 Å². The van der Waals surface area contributed by atoms with E-state index < -0.39 is 0 Å². The smallest absolute Gasteiger partial charge is 0.191 e. The quantitative estimate of drug-likeness (QED) is 0.378. The fraction of sp³-hybridized carbons (Fsp3) is 0.524. The summed E-state index contributed by atoms with van der Waals surface area (Å²) >= 11 is 0. The lowest BCUT2D eigenvalue weighted by molar-refractivity contribution is 0.0170. The van der Waals surface area contributed by atoms with Crippen molar-refractivity contribution in [3.05, 3.63) is 48.5 Å². The molecule has 1 unspecified atom stereocenters. The van der Waals surface area contributed by atoms with Crippen molar-refractivity contribution >= 4 is 5.96 Å². The molecule has 8 heteroatoms. The summed E-state index contributed by atoms with van der Waals surface area (Å²) in [6.45, 7) is 5.95. The van der Waals surface area contributed by atoms with Gasteiger partial charge in [0.15, 0.2) is 5.96 Å². The summed E-state index contributed by atoms with van der Waals surface area (Å²) in [5.41, 5.74) is 1.26. The van der Waals surface area contributed by atoms with Gasteiger partial charge in [0.1, 0.15) is 5.75 Å². The molecule has 1 fully saturated rings. The van der Waals surface area contributed by atoms with Gasteiger partial charge in [0.25, 0.3) is 0 Å². The Kier molecular flexibility index (Phi) is 8.33. The van der Waals surface area contributed by atoms with E-state index in [2.05, 4.69) is 42.2 Å². The first kappa shape index (κ1) is 21.1. The SMILES string of the molecule is CN=C(NCCCn1ccnc1)NCC(c1ccc(OC)cc1)N1CCOCC1. The number of rotatable bonds is 9. The van der Waals surface area contributed by atoms with E-state index in [4.69, 9.17) is 9.47 Å². The number of aliphatic imine (C=N–C) groups is 1. The fourth-order valence-corrected chi connectivity index (χ4v) is 3.47. The minimum atomic E-state index is 0.245. The molecule has 0 saturated carbocycles. The Balaban J connectivity index is 1.54. The van der Waals surface area contributed by atoms with E-state index in [1.54, 1.807) is 13.3 Å². The number of hydrogen-bond acceptors (Lipinski definition) is 5. The number of imidazole rings is 1. The fourth-order valence-electron chi connectivity index (χ4n) is 3.47. The van der Waals surface area contributed by atoms with Gasteiger partial charge in [-0.15, -0.1) is 0 Å². The Bertz CT molecular complexity index is 726. The van der Waals surface area contributed by atoms with E-state index in [0.717, 1.165) is 64.1 Å². The molecule has 1 aromatic heterocycles. The summed E-state index contributed by atoms with van der Waals surface area (Å²) in [6, 6.07) is 8.57. The molecule has 1 saturated heterocycles. The molecule has 2 heterocycles. The molecule has 1 aromatic carbocycles. The molecule has 3 rings (SSSR count). The second kappa shape index (κ2) is 11.4. The molecule has 2 aromatic rings. The van der Waals surface area contributed by atoms with Gasteiger partial charge < -0.3 is 24.7 Å². The van der Waals surface area contributed by atoms with E-state index in [9.17, 15) is 0 Å². The van der Waals surface area contributed by atoms with Crippen molar-refractivity contribution < 1.29 is 9.47 Å². The van der Waals surface area contributed by atoms with Gasteiger partial charge in [0.2, 0.25) is 0 Å². The van der Waals surface area contributed by atoms with Crippen LogP contribution in [0, 0.1) is 0 Å². The van der Waals surface area contributed by atoms with Crippen LogP contribution in [0.25, 0.3) is 0 Å². The van der Waals surface area contributed by atoms with Crippen LogP contribution in [0.5, 0.6) is 5.75 Å². The van der Waals surface area contributed by atoms with Gasteiger partial charge in [-0.05, 0) is 24.1 Å². The van der Waals surface area contributed by atoms with E-state index >= 15 is 0 Å². The van der Waals surface area contributed by atoms with E-state index in [1.165, 1.54) is 5.56 Å². The Morgan fingerprint density at radius 3 is 2.69 bits per heavy atom. The molecule has 0 aliphatic carbocycles. The zero-order chi connectivity index (χ0) is 20.3. The summed E-state index contributed by atoms with van der Waals surface area (Å²) in [4.78, 5) is 10.9. The lowest BCUT2D eigenvalue weighted by Crippen LogP contribution is -2.46. The summed E-state index contributed by atoms with van der Waals surface area (Å²) in [5, 5.41) is 6.90. The highest BCUT2D eigenvalue weighted by Crippen LogP contribution is 2.23. The first-order valence-corrected chi connectivity index (χ1v) is 10.2. The molecule has 0 amide bonds. The lowest BCUT2D eigenvalue weighted by Gasteiger charge is -2.35. The van der Waals surface area contributed by atoms with Gasteiger partial charge in [-0.1, -0.05) is 12.1 Å². The largest absolute Gasteiger partial charge is 0.497 e. The van der Waals surface area contributed by atoms with Crippen LogP contribution in [0.2, 0.25) is 0 Å². The van der Waals surface area contributed by atoms with Crippen molar-refractivity contribution in [2.24, 2.45) is 4.99 Å². The molecule has 0 bridgehead atoms. The second-order valence-electron chi connectivity index (χ2n) is 6.97. The summed E-state index contributed by atoms with van der Waals surface area (Å²) in [6.07, 6.45) is 6.63. The zero-order valence-corrected chi connectivity index (χ0v) is 17.4. The highest BCUT2D eigenvalue weighted by Gasteiger charge is 2.23. The Morgan fingerprint density at radius 1 is 1.24 bits per heavy atom. The molecular formula is C21H32N6O2. The number of nitrogens with zero attached hydrogens (tertiary/aromatic N) is 4. The third kappa shape index (κ3) is 6.47. The van der Waals surface area contributed by atoms with Gasteiger partial charge in [-0.2, -0.15) is 0 Å². The second-order valence-corrected chi connectivity index (χ2v) is 6.97. The number of methoxy groups -OCH3 is 1. The Labute approximate surface area is 172 Å². The maximum Gasteiger partial charge on any atom is 0.191 e. The zero-order valence-electron chi connectivity index (χ0n) is 17.4. The first-order valence-electron chi connectivity index (χ1n) is 10.2. The molecule has 0 spiro atoms. The molecule has 0 radical (unpaired) electrons. The van der Waals surface area contributed by atoms with Gasteiger partial charge in [-0.25, -0.2) is 4.98 Å². The van der Waals surface area contributed by atoms with E-state index in [-0.39, 0.29) is 6.04 Å². The normalized spacial score (nSPS) is 16.4. The predicted octanol–water partition coefficient (Wildman–Crippen LogP) is 1.52. The average molecular weight is 401 g/mol. The summed E-state index contributed by atoms with van der Waals surface area (Å²) in [7, 11) is 3.50. The number of benzene rings is 1. The minimum Gasteiger partial charge on any atom is -0.497 e. The topological polar surface area (TPSA) is 75.9 Å². The molecule has 1 aliphatic rings. The van der Waals surface area contributed by atoms with Crippen LogP contribution in [0.3, 0.4) is 0 Å². The number of hydrogen-bond donors (Lipinski definition) is 2. The van der Waals surface area contributed by atoms with Gasteiger partial charge in [-0.3, -0.25) is 9.89 Å². The van der Waals surface area contributed by atoms with Crippen LogP contribution in [0.15, 0.2) is 48.0 Å². The minimum absolute atomic E-state index is 0.245. The first-order chi connectivity index (χ1) is 14.3. The van der Waals surface area contributed by atoms with Crippen LogP contribution < -0.4 is 15.4 Å². The maximum absolute atomic E-state index is 5.54. The monoisotopic (exact) mass is 400 g/mol. The van der Waals surface area contributed by atoms with Gasteiger partial charge >= 0.3 is 0 Å². The Morgan fingerprint density at radius 2 is 2.03 bits per heavy atom. The third-order valence-corrected chi connectivity index (χ3v) is 5.12. The molecule has 1 atom stereocenters. The highest BCUT2D eigenvalue weighted by atomic mass is 16.5. The van der Waals surface area contributed by atoms with Crippen LogP contribution >= 0.6 is 0 Å². The highest BCUT2D eigenvalue weighted by molar-refractivity contribution is 5.79. The number of morpholine rings is 1. The van der Waals surface area contributed by atoms with Crippen LogP contribution in [0.4, 0.5) is 0 Å². The number of guanidine groups is 1. The summed E-state index contributed by atoms with van der Waals surface area (Å²) < 4.78 is 12.9. The summed E-state index contributed by atoms with van der Waals surface area (Å²) in [5.74, 6) is 1.69. The molecule has 2 N–H and O–H groups in total. The molecule has 158 valence electrons. The van der Waals surface area contributed by atoms with Crippen molar-refractivity contribution in [3.8, 4) is 5.75 Å². The Hall–Kier alpha value is -2.58. The number of ether oxygens (including phenoxy) is 2. The van der Waals surface area contributed by atoms with Crippen molar-refractivity contribution in [3.63, 3.8) is 0 Å².